The molecule has 0 unspecified atom stereocenters. The molecule has 1 aliphatic heterocycles. The van der Waals surface area contributed by atoms with Crippen LogP contribution in [-0.4, -0.2) is 31.2 Å². The van der Waals surface area contributed by atoms with Gasteiger partial charge in [0, 0.05) is 13.1 Å². The molecule has 1 nitrogen and oxygen atoms in total. The van der Waals surface area contributed by atoms with Gasteiger partial charge in [0.2, 0.25) is 0 Å². The van der Waals surface area contributed by atoms with E-state index in [1.54, 1.807) is 0 Å². The Kier molecular flexibility index (Phi) is 1.28. The summed E-state index contributed by atoms with van der Waals surface area (Å²) in [4.78, 5) is 2.00. The van der Waals surface area contributed by atoms with E-state index in [9.17, 15) is 4.39 Å². The van der Waals surface area contributed by atoms with Gasteiger partial charge in [0.05, 0.1) is 0 Å². The number of rotatable bonds is 0. The third kappa shape index (κ3) is 1.13. The second-order valence-electron chi connectivity index (χ2n) is 2.15. The fourth-order valence-corrected chi connectivity index (χ4v) is 0.881. The van der Waals surface area contributed by atoms with E-state index in [0.717, 1.165) is 13.0 Å². The predicted molar refractivity (Wildman–Crippen MR) is 27.0 cm³/mol. The van der Waals surface area contributed by atoms with Gasteiger partial charge in [0.25, 0.3) is 0 Å². The molecular weight excluding hydrogens is 93.1 g/mol. The number of hydrogen-bond acceptors (Lipinski definition) is 1. The molecule has 2 heteroatoms. The monoisotopic (exact) mass is 103 g/mol. The van der Waals surface area contributed by atoms with Gasteiger partial charge in [-0.1, -0.05) is 0 Å². The number of likely N-dealkylation sites (tertiary alicyclic amines) is 1. The third-order valence-corrected chi connectivity index (χ3v) is 1.33. The first-order valence-electron chi connectivity index (χ1n) is 2.61. The summed E-state index contributed by atoms with van der Waals surface area (Å²) >= 11 is 0. The molecule has 7 heavy (non-hydrogen) atoms. The minimum atomic E-state index is -0.551. The minimum absolute atomic E-state index is 0.551. The molecule has 0 bridgehead atoms. The van der Waals surface area contributed by atoms with Crippen molar-refractivity contribution in [3.63, 3.8) is 0 Å². The number of alkyl halides is 1. The van der Waals surface area contributed by atoms with Crippen LogP contribution >= 0.6 is 0 Å². The zero-order valence-electron chi connectivity index (χ0n) is 4.52. The Hall–Kier alpha value is -0.110. The van der Waals surface area contributed by atoms with Crippen molar-refractivity contribution >= 4 is 0 Å². The van der Waals surface area contributed by atoms with Crippen LogP contribution < -0.4 is 0 Å². The molecule has 1 saturated heterocycles. The van der Waals surface area contributed by atoms with Gasteiger partial charge in [0.1, 0.15) is 6.17 Å². The van der Waals surface area contributed by atoms with Crippen LogP contribution in [0.5, 0.6) is 0 Å². The highest BCUT2D eigenvalue weighted by Gasteiger charge is 2.16. The molecular formula is C5H10FN. The van der Waals surface area contributed by atoms with E-state index in [2.05, 4.69) is 0 Å². The summed E-state index contributed by atoms with van der Waals surface area (Å²) in [5, 5.41) is 0. The molecule has 0 aromatic carbocycles. The van der Waals surface area contributed by atoms with E-state index in [1.807, 2.05) is 11.9 Å². The van der Waals surface area contributed by atoms with Crippen LogP contribution in [0.4, 0.5) is 4.39 Å². The summed E-state index contributed by atoms with van der Waals surface area (Å²) in [5.41, 5.74) is 0. The Bertz CT molecular complexity index is 57.1. The summed E-state index contributed by atoms with van der Waals surface area (Å²) in [5.74, 6) is 0. The van der Waals surface area contributed by atoms with Crippen molar-refractivity contribution in [2.75, 3.05) is 20.1 Å². The van der Waals surface area contributed by atoms with E-state index in [1.165, 1.54) is 0 Å². The fourth-order valence-electron chi connectivity index (χ4n) is 0.881. The lowest BCUT2D eigenvalue weighted by Crippen LogP contribution is -2.13. The zero-order chi connectivity index (χ0) is 5.28. The lowest BCUT2D eigenvalue weighted by atomic mass is 10.4. The molecule has 0 aromatic rings. The summed E-state index contributed by atoms with van der Waals surface area (Å²) in [6, 6.07) is 0. The highest BCUT2D eigenvalue weighted by Crippen LogP contribution is 2.08. The van der Waals surface area contributed by atoms with E-state index in [0.29, 0.717) is 6.54 Å². The second-order valence-corrected chi connectivity index (χ2v) is 2.15. The Labute approximate surface area is 43.1 Å². The molecule has 1 atom stereocenters. The average molecular weight is 103 g/mol. The Morgan fingerprint density at radius 1 is 1.71 bits per heavy atom. The van der Waals surface area contributed by atoms with E-state index < -0.39 is 6.17 Å². The molecule has 1 rings (SSSR count). The van der Waals surface area contributed by atoms with Gasteiger partial charge in [-0.3, -0.25) is 0 Å². The number of nitrogens with zero attached hydrogens (tertiary/aromatic N) is 1. The van der Waals surface area contributed by atoms with E-state index >= 15 is 0 Å². The molecule has 0 aliphatic carbocycles. The van der Waals surface area contributed by atoms with Crippen LogP contribution in [0.25, 0.3) is 0 Å². The number of halogens is 1. The molecule has 0 saturated carbocycles. The highest BCUT2D eigenvalue weighted by atomic mass is 19.1. The van der Waals surface area contributed by atoms with Gasteiger partial charge in [-0.15, -0.1) is 0 Å². The largest absolute Gasteiger partial charge is 0.303 e. The van der Waals surface area contributed by atoms with Crippen LogP contribution in [0, 0.1) is 0 Å². The molecule has 0 amide bonds. The molecule has 0 aromatic heterocycles. The van der Waals surface area contributed by atoms with Crippen molar-refractivity contribution < 1.29 is 4.39 Å². The Morgan fingerprint density at radius 3 is 2.57 bits per heavy atom. The van der Waals surface area contributed by atoms with Crippen LogP contribution in [0.2, 0.25) is 0 Å². The topological polar surface area (TPSA) is 3.24 Å². The fraction of sp³-hybridized carbons (Fsp3) is 1.00. The molecule has 0 spiro atoms. The SMILES string of the molecule is CN1CC[C@@H](F)C1. The van der Waals surface area contributed by atoms with Crippen molar-refractivity contribution in [1.29, 1.82) is 0 Å². The minimum Gasteiger partial charge on any atom is -0.303 e. The zero-order valence-corrected chi connectivity index (χ0v) is 4.52. The predicted octanol–water partition coefficient (Wildman–Crippen LogP) is 0.660. The van der Waals surface area contributed by atoms with E-state index in [4.69, 9.17) is 0 Å². The maximum atomic E-state index is 12.1. The lowest BCUT2D eigenvalue weighted by Gasteiger charge is -2.01. The van der Waals surface area contributed by atoms with Gasteiger partial charge >= 0.3 is 0 Å². The molecule has 1 aliphatic rings. The summed E-state index contributed by atoms with van der Waals surface area (Å²) in [6.07, 6.45) is 0.182. The standard InChI is InChI=1S/C5H10FN/c1-7-3-2-5(6)4-7/h5H,2-4H2,1H3/t5-/m1/s1. The summed E-state index contributed by atoms with van der Waals surface area (Å²) < 4.78 is 12.1. The summed E-state index contributed by atoms with van der Waals surface area (Å²) in [6.45, 7) is 1.57. The molecule has 0 radical (unpaired) electrons. The van der Waals surface area contributed by atoms with Crippen molar-refractivity contribution in [2.24, 2.45) is 0 Å². The Morgan fingerprint density at radius 2 is 2.43 bits per heavy atom. The van der Waals surface area contributed by atoms with Crippen molar-refractivity contribution in [3.05, 3.63) is 0 Å². The van der Waals surface area contributed by atoms with Crippen LogP contribution in [0.3, 0.4) is 0 Å². The van der Waals surface area contributed by atoms with Crippen LogP contribution in [-0.2, 0) is 0 Å². The van der Waals surface area contributed by atoms with Gasteiger partial charge in [-0.25, -0.2) is 4.39 Å². The average Bonchev–Trinajstić information content (AvgIpc) is 1.87. The second kappa shape index (κ2) is 1.78. The van der Waals surface area contributed by atoms with Gasteiger partial charge in [-0.05, 0) is 13.5 Å². The summed E-state index contributed by atoms with van der Waals surface area (Å²) in [7, 11) is 1.94. The van der Waals surface area contributed by atoms with Crippen LogP contribution in [0.1, 0.15) is 6.42 Å². The highest BCUT2D eigenvalue weighted by molar-refractivity contribution is 4.70. The maximum Gasteiger partial charge on any atom is 0.114 e. The van der Waals surface area contributed by atoms with Gasteiger partial charge < -0.3 is 4.90 Å². The molecule has 1 heterocycles. The lowest BCUT2D eigenvalue weighted by molar-refractivity contribution is 0.321. The third-order valence-electron chi connectivity index (χ3n) is 1.33. The number of hydrogen-bond donors (Lipinski definition) is 0. The maximum absolute atomic E-state index is 12.1. The van der Waals surface area contributed by atoms with Crippen molar-refractivity contribution in [1.82, 2.24) is 4.90 Å². The smallest absolute Gasteiger partial charge is 0.114 e. The molecule has 42 valence electrons. The first-order chi connectivity index (χ1) is 3.29. The van der Waals surface area contributed by atoms with Gasteiger partial charge in [-0.2, -0.15) is 0 Å². The quantitative estimate of drug-likeness (QED) is 0.435. The first-order valence-corrected chi connectivity index (χ1v) is 2.61. The van der Waals surface area contributed by atoms with E-state index in [-0.39, 0.29) is 0 Å². The Balaban J connectivity index is 2.26. The molecule has 1 fully saturated rings. The first kappa shape index (κ1) is 5.04. The molecule has 0 N–H and O–H groups in total. The van der Waals surface area contributed by atoms with Gasteiger partial charge in [0.15, 0.2) is 0 Å². The van der Waals surface area contributed by atoms with Crippen molar-refractivity contribution in [3.8, 4) is 0 Å². The van der Waals surface area contributed by atoms with Crippen LogP contribution in [0.15, 0.2) is 0 Å². The normalized spacial score (nSPS) is 34.3. The van der Waals surface area contributed by atoms with Crippen molar-refractivity contribution in [2.45, 2.75) is 12.6 Å².